The van der Waals surface area contributed by atoms with Crippen molar-refractivity contribution in [2.75, 3.05) is 24.6 Å². The lowest BCUT2D eigenvalue weighted by molar-refractivity contribution is -0.924. The Kier molecular flexibility index (Phi) is 5.80. The molecule has 0 aromatic heterocycles. The quantitative estimate of drug-likeness (QED) is 0.607. The molecule has 0 radical (unpaired) electrons. The summed E-state index contributed by atoms with van der Waals surface area (Å²) in [6, 6.07) is 9.55. The Labute approximate surface area is 120 Å². The average Bonchev–Trinajstić information content (AvgIpc) is 2.38. The van der Waals surface area contributed by atoms with Crippen LogP contribution in [0.25, 0.3) is 0 Å². The van der Waals surface area contributed by atoms with E-state index < -0.39 is 15.9 Å². The van der Waals surface area contributed by atoms with Gasteiger partial charge < -0.3 is 22.4 Å². The van der Waals surface area contributed by atoms with Gasteiger partial charge in [-0.2, -0.15) is 0 Å². The van der Waals surface area contributed by atoms with E-state index in [1.807, 2.05) is 37.3 Å². The van der Waals surface area contributed by atoms with Crippen LogP contribution in [0.3, 0.4) is 0 Å². The zero-order chi connectivity index (χ0) is 13.2. The van der Waals surface area contributed by atoms with Crippen molar-refractivity contribution >= 4 is 9.84 Å². The Bertz CT molecular complexity index is 478. The average molecular weight is 306 g/mol. The highest BCUT2D eigenvalue weighted by Gasteiger charge is 2.32. The van der Waals surface area contributed by atoms with E-state index in [0.29, 0.717) is 13.1 Å². The highest BCUT2D eigenvalue weighted by molar-refractivity contribution is 7.91. The van der Waals surface area contributed by atoms with Gasteiger partial charge >= 0.3 is 0 Å². The van der Waals surface area contributed by atoms with Crippen LogP contribution in [0.5, 0.6) is 0 Å². The Morgan fingerprint density at radius 1 is 1.16 bits per heavy atom. The number of quaternary nitrogens is 1. The van der Waals surface area contributed by atoms with Gasteiger partial charge in [-0.05, 0) is 12.5 Å². The molecule has 0 bridgehead atoms. The zero-order valence-corrected chi connectivity index (χ0v) is 12.5. The second-order valence-electron chi connectivity index (χ2n) is 4.95. The van der Waals surface area contributed by atoms with Crippen LogP contribution in [0.2, 0.25) is 0 Å². The van der Waals surface area contributed by atoms with E-state index in [-0.39, 0.29) is 30.0 Å². The van der Waals surface area contributed by atoms with Gasteiger partial charge in [-0.1, -0.05) is 30.3 Å². The van der Waals surface area contributed by atoms with E-state index in [4.69, 9.17) is 0 Å². The fourth-order valence-corrected chi connectivity index (χ4v) is 3.77. The van der Waals surface area contributed by atoms with Crippen LogP contribution < -0.4 is 17.3 Å². The predicted octanol–water partition coefficient (Wildman–Crippen LogP) is -3.57. The van der Waals surface area contributed by atoms with Gasteiger partial charge in [-0.15, -0.1) is 0 Å². The molecule has 1 fully saturated rings. The van der Waals surface area contributed by atoms with Crippen molar-refractivity contribution in [3.05, 3.63) is 35.9 Å². The van der Waals surface area contributed by atoms with Crippen LogP contribution in [0.1, 0.15) is 18.6 Å². The van der Waals surface area contributed by atoms with Crippen molar-refractivity contribution in [1.29, 1.82) is 0 Å². The third-order valence-corrected chi connectivity index (χ3v) is 5.38. The molecule has 1 aromatic carbocycles. The number of halogens is 1. The molecule has 19 heavy (non-hydrogen) atoms. The molecule has 108 valence electrons. The molecular formula is C13H20ClNO3S. The molecule has 1 aromatic rings. The molecule has 1 aliphatic rings. The molecule has 2 atom stereocenters. The highest BCUT2D eigenvalue weighted by Crippen LogP contribution is 2.14. The van der Waals surface area contributed by atoms with E-state index >= 15 is 0 Å². The van der Waals surface area contributed by atoms with Crippen LogP contribution in [-0.4, -0.2) is 44.2 Å². The molecule has 6 heteroatoms. The SMILES string of the molecule is CC(C(O)c1ccccc1)[NH+]1CCS(=O)(=O)CC1.[Cl-]. The summed E-state index contributed by atoms with van der Waals surface area (Å²) < 4.78 is 22.8. The first-order valence-corrected chi connectivity index (χ1v) is 8.10. The molecule has 1 saturated heterocycles. The van der Waals surface area contributed by atoms with Crippen molar-refractivity contribution in [2.24, 2.45) is 0 Å². The van der Waals surface area contributed by atoms with E-state index in [2.05, 4.69) is 0 Å². The lowest BCUT2D eigenvalue weighted by atomic mass is 10.0. The fraction of sp³-hybridized carbons (Fsp3) is 0.538. The van der Waals surface area contributed by atoms with E-state index in [9.17, 15) is 13.5 Å². The lowest BCUT2D eigenvalue weighted by Gasteiger charge is -2.32. The minimum absolute atomic E-state index is 0. The topological polar surface area (TPSA) is 58.8 Å². The molecule has 2 rings (SSSR count). The summed E-state index contributed by atoms with van der Waals surface area (Å²) in [6.45, 7) is 3.16. The van der Waals surface area contributed by atoms with E-state index in [0.717, 1.165) is 5.56 Å². The zero-order valence-electron chi connectivity index (χ0n) is 10.9. The summed E-state index contributed by atoms with van der Waals surface area (Å²) in [4.78, 5) is 1.17. The van der Waals surface area contributed by atoms with Crippen LogP contribution in [0.4, 0.5) is 0 Å². The molecule has 2 N–H and O–H groups in total. The maximum atomic E-state index is 11.4. The maximum Gasteiger partial charge on any atom is 0.161 e. The second kappa shape index (κ2) is 6.70. The van der Waals surface area contributed by atoms with Crippen molar-refractivity contribution in [1.82, 2.24) is 0 Å². The molecular weight excluding hydrogens is 286 g/mol. The number of aliphatic hydroxyl groups is 1. The van der Waals surface area contributed by atoms with Gasteiger partial charge in [-0.3, -0.25) is 0 Å². The summed E-state index contributed by atoms with van der Waals surface area (Å²) in [6.07, 6.45) is -0.540. The Morgan fingerprint density at radius 2 is 1.68 bits per heavy atom. The van der Waals surface area contributed by atoms with Crippen LogP contribution in [0.15, 0.2) is 30.3 Å². The first kappa shape index (κ1) is 16.4. The Morgan fingerprint density at radius 3 is 2.21 bits per heavy atom. The molecule has 1 heterocycles. The molecule has 0 aliphatic carbocycles. The van der Waals surface area contributed by atoms with Crippen LogP contribution in [-0.2, 0) is 9.84 Å². The number of hydrogen-bond acceptors (Lipinski definition) is 3. The van der Waals surface area contributed by atoms with E-state index in [1.165, 1.54) is 4.90 Å². The summed E-state index contributed by atoms with van der Waals surface area (Å²) in [5.74, 6) is 0.461. The van der Waals surface area contributed by atoms with Crippen LogP contribution in [0, 0.1) is 0 Å². The first-order chi connectivity index (χ1) is 8.49. The predicted molar refractivity (Wildman–Crippen MR) is 70.2 cm³/mol. The smallest absolute Gasteiger partial charge is 0.161 e. The number of rotatable bonds is 3. The van der Waals surface area contributed by atoms with Gasteiger partial charge in [0.15, 0.2) is 9.84 Å². The minimum atomic E-state index is -2.84. The summed E-state index contributed by atoms with van der Waals surface area (Å²) >= 11 is 0. The standard InChI is InChI=1S/C13H19NO3S.ClH/c1-11(13(15)12-5-3-2-4-6-12)14-7-9-18(16,17)10-8-14;/h2-6,11,13,15H,7-10H2,1H3;1H. The van der Waals surface area contributed by atoms with Crippen molar-refractivity contribution in [2.45, 2.75) is 19.1 Å². The minimum Gasteiger partial charge on any atom is -1.00 e. The molecule has 0 saturated carbocycles. The van der Waals surface area contributed by atoms with Crippen molar-refractivity contribution < 1.29 is 30.8 Å². The van der Waals surface area contributed by atoms with E-state index in [1.54, 1.807) is 0 Å². The van der Waals surface area contributed by atoms with Gasteiger partial charge in [0.25, 0.3) is 0 Å². The Balaban J connectivity index is 0.00000180. The largest absolute Gasteiger partial charge is 1.00 e. The molecule has 0 spiro atoms. The number of hydrogen-bond donors (Lipinski definition) is 2. The second-order valence-corrected chi connectivity index (χ2v) is 7.26. The summed E-state index contributed by atoms with van der Waals surface area (Å²) in [5, 5.41) is 10.3. The number of aliphatic hydroxyl groups excluding tert-OH is 1. The normalized spacial score (nSPS) is 22.2. The summed E-state index contributed by atoms with van der Waals surface area (Å²) in [5.41, 5.74) is 0.894. The Hall–Kier alpha value is -0.620. The summed E-state index contributed by atoms with van der Waals surface area (Å²) in [7, 11) is -2.84. The molecule has 0 amide bonds. The van der Waals surface area contributed by atoms with Gasteiger partial charge in [0, 0.05) is 0 Å². The molecule has 2 unspecified atom stereocenters. The van der Waals surface area contributed by atoms with Crippen molar-refractivity contribution in [3.63, 3.8) is 0 Å². The number of benzene rings is 1. The maximum absolute atomic E-state index is 11.4. The third kappa shape index (κ3) is 4.18. The van der Waals surface area contributed by atoms with Crippen LogP contribution >= 0.6 is 0 Å². The van der Waals surface area contributed by atoms with Gasteiger partial charge in [-0.25, -0.2) is 8.42 Å². The highest BCUT2D eigenvalue weighted by atomic mass is 35.5. The fourth-order valence-electron chi connectivity index (χ4n) is 2.42. The monoisotopic (exact) mass is 305 g/mol. The first-order valence-electron chi connectivity index (χ1n) is 6.27. The van der Waals surface area contributed by atoms with Gasteiger partial charge in [0.05, 0.1) is 24.6 Å². The third-order valence-electron chi connectivity index (χ3n) is 3.73. The number of sulfone groups is 1. The number of nitrogens with one attached hydrogen (secondary N) is 1. The molecule has 4 nitrogen and oxygen atoms in total. The molecule has 1 aliphatic heterocycles. The van der Waals surface area contributed by atoms with Gasteiger partial charge in [0.1, 0.15) is 12.1 Å². The lowest BCUT2D eigenvalue weighted by Crippen LogP contribution is -3.18. The van der Waals surface area contributed by atoms with Gasteiger partial charge in [0.2, 0.25) is 0 Å². The van der Waals surface area contributed by atoms with Crippen molar-refractivity contribution in [3.8, 4) is 0 Å².